The fraction of sp³-hybridized carbons (Fsp3) is 0.342. The van der Waals surface area contributed by atoms with Crippen LogP contribution in [0, 0.1) is 24.0 Å². The van der Waals surface area contributed by atoms with Crippen LogP contribution in [0.3, 0.4) is 0 Å². The highest BCUT2D eigenvalue weighted by atomic mass is 35.5. The number of likely N-dealkylation sites (tertiary alicyclic amines) is 1. The van der Waals surface area contributed by atoms with E-state index in [-0.39, 0.29) is 28.7 Å². The Balaban J connectivity index is 1.41. The molecule has 5 rings (SSSR count). The van der Waals surface area contributed by atoms with Gasteiger partial charge in [0.25, 0.3) is 5.91 Å². The van der Waals surface area contributed by atoms with Crippen molar-refractivity contribution in [1.82, 2.24) is 20.4 Å². The van der Waals surface area contributed by atoms with E-state index in [4.69, 9.17) is 21.1 Å². The van der Waals surface area contributed by atoms with Crippen molar-refractivity contribution >= 4 is 29.4 Å². The summed E-state index contributed by atoms with van der Waals surface area (Å²) in [6.45, 7) is 6.89. The second-order valence-electron chi connectivity index (χ2n) is 12.6. The maximum atomic E-state index is 15.1. The Morgan fingerprint density at radius 3 is 2.41 bits per heavy atom. The van der Waals surface area contributed by atoms with Gasteiger partial charge in [-0.1, -0.05) is 55.8 Å². The minimum absolute atomic E-state index is 0.0521. The summed E-state index contributed by atoms with van der Waals surface area (Å²) in [7, 11) is 0. The minimum Gasteiger partial charge on any atom is -0.460 e. The maximum Gasteiger partial charge on any atom is 0.314 e. The third-order valence-corrected chi connectivity index (χ3v) is 9.68. The molecule has 0 unspecified atom stereocenters. The van der Waals surface area contributed by atoms with E-state index in [1.807, 2.05) is 44.2 Å². The van der Waals surface area contributed by atoms with Crippen molar-refractivity contribution in [2.75, 3.05) is 0 Å². The lowest BCUT2D eigenvalue weighted by molar-refractivity contribution is -0.164. The van der Waals surface area contributed by atoms with Crippen LogP contribution >= 0.6 is 11.6 Å². The van der Waals surface area contributed by atoms with E-state index in [0.717, 1.165) is 11.6 Å². The monoisotopic (exact) mass is 720 g/mol. The van der Waals surface area contributed by atoms with Crippen molar-refractivity contribution in [3.63, 3.8) is 0 Å². The summed E-state index contributed by atoms with van der Waals surface area (Å²) in [5.41, 5.74) is -0.170. The topological polar surface area (TPSA) is 131 Å². The number of aromatic amines is 1. The lowest BCUT2D eigenvalue weighted by Gasteiger charge is -2.43. The maximum absolute atomic E-state index is 15.1. The number of nitrogens with zero attached hydrogens (tertiary/aromatic N) is 2. The number of aromatic nitrogens is 2. The summed E-state index contributed by atoms with van der Waals surface area (Å²) >= 11 is 6.24. The molecule has 3 atom stereocenters. The summed E-state index contributed by atoms with van der Waals surface area (Å²) in [5, 5.41) is 8.80. The number of nitrogens with one attached hydrogen (secondary N) is 2. The van der Waals surface area contributed by atoms with Crippen LogP contribution in [0.5, 0.6) is 11.5 Å². The zero-order chi connectivity index (χ0) is 36.9. The number of ether oxygens (including phenoxy) is 2. The molecular weight excluding hydrogens is 682 g/mol. The Bertz CT molecular complexity index is 1950. The molecule has 3 aromatic carbocycles. The van der Waals surface area contributed by atoms with Gasteiger partial charge in [-0.2, -0.15) is 5.10 Å². The van der Waals surface area contributed by atoms with Gasteiger partial charge < -0.3 is 19.7 Å². The number of carbonyl (C=O) groups is 3. The van der Waals surface area contributed by atoms with Crippen molar-refractivity contribution in [3.05, 3.63) is 122 Å². The fourth-order valence-corrected chi connectivity index (χ4v) is 6.96. The van der Waals surface area contributed by atoms with Crippen molar-refractivity contribution in [3.8, 4) is 11.5 Å². The second-order valence-corrected chi connectivity index (χ2v) is 13.1. The van der Waals surface area contributed by atoms with E-state index >= 15 is 4.39 Å². The molecule has 2 amide bonds. The van der Waals surface area contributed by atoms with Crippen LogP contribution in [-0.2, 0) is 20.9 Å². The molecule has 0 aliphatic carbocycles. The van der Waals surface area contributed by atoms with Crippen LogP contribution in [0.25, 0.3) is 0 Å². The molecule has 4 aromatic rings. The van der Waals surface area contributed by atoms with Gasteiger partial charge in [0.05, 0.1) is 17.2 Å². The Morgan fingerprint density at radius 1 is 1.02 bits per heavy atom. The summed E-state index contributed by atoms with van der Waals surface area (Å²) in [5.74, 6) is -3.69. The van der Waals surface area contributed by atoms with Gasteiger partial charge in [-0.3, -0.25) is 19.2 Å². The quantitative estimate of drug-likeness (QED) is 0.148. The number of aryl methyl sites for hydroxylation is 1. The van der Waals surface area contributed by atoms with Crippen molar-refractivity contribution in [2.45, 2.75) is 78.1 Å². The van der Waals surface area contributed by atoms with E-state index in [9.17, 15) is 23.6 Å². The third kappa shape index (κ3) is 8.12. The second kappa shape index (κ2) is 15.8. The average molecular weight is 721 g/mol. The minimum atomic E-state index is -1.14. The van der Waals surface area contributed by atoms with E-state index in [1.54, 1.807) is 17.9 Å². The van der Waals surface area contributed by atoms with Crippen LogP contribution in [0.4, 0.5) is 8.78 Å². The summed E-state index contributed by atoms with van der Waals surface area (Å²) in [6, 6.07) is 15.6. The lowest BCUT2D eigenvalue weighted by Crippen LogP contribution is -2.56. The van der Waals surface area contributed by atoms with Crippen LogP contribution in [0.2, 0.25) is 5.02 Å². The molecule has 0 radical (unpaired) electrons. The van der Waals surface area contributed by atoms with Crippen molar-refractivity contribution < 1.29 is 32.6 Å². The zero-order valence-corrected chi connectivity index (χ0v) is 29.4. The molecule has 0 bridgehead atoms. The third-order valence-electron chi connectivity index (χ3n) is 9.46. The Kier molecular flexibility index (Phi) is 11.5. The first kappa shape index (κ1) is 37.2. The number of hydrogen-bond acceptors (Lipinski definition) is 7. The molecular formula is C38H39ClF2N4O6. The van der Waals surface area contributed by atoms with Crippen LogP contribution in [0.15, 0.2) is 77.6 Å². The molecule has 268 valence electrons. The number of esters is 1. The average Bonchev–Trinajstić information content (AvgIpc) is 3.56. The molecule has 1 saturated heterocycles. The highest BCUT2D eigenvalue weighted by Gasteiger charge is 2.53. The van der Waals surface area contributed by atoms with Gasteiger partial charge in [0, 0.05) is 22.7 Å². The summed E-state index contributed by atoms with van der Waals surface area (Å²) in [4.78, 5) is 55.4. The van der Waals surface area contributed by atoms with Crippen LogP contribution < -0.4 is 15.6 Å². The van der Waals surface area contributed by atoms with E-state index < -0.39 is 58.5 Å². The predicted octanol–water partition coefficient (Wildman–Crippen LogP) is 7.20. The smallest absolute Gasteiger partial charge is 0.314 e. The lowest BCUT2D eigenvalue weighted by atomic mass is 9.74. The van der Waals surface area contributed by atoms with Gasteiger partial charge in [0.2, 0.25) is 5.91 Å². The molecule has 2 N–H and O–H groups in total. The number of halogens is 3. The molecule has 2 heterocycles. The van der Waals surface area contributed by atoms with Crippen molar-refractivity contribution in [2.24, 2.45) is 5.41 Å². The molecule has 13 heteroatoms. The first-order valence-corrected chi connectivity index (χ1v) is 17.1. The molecule has 0 saturated carbocycles. The standard InChI is InChI=1S/C38H39ClF2N4O6/c1-5-38(6-2,37(49)50-21-24-10-8-7-9-11-24)33-15-13-30(26-17-27(39)20-28(40)18-26)45(33)36(48)23(4)42-34(46)25-12-14-31(29(41)19-25)51-32-16-22(3)43-44-35(32)47/h7-12,14,16-20,23,30,33H,5-6,13,15,21H2,1-4H3,(H,42,46)(H,44,47)/t23-,30+,33-/m1/s1. The number of hydrogen-bond donors (Lipinski definition) is 2. The first-order chi connectivity index (χ1) is 24.4. The first-order valence-electron chi connectivity index (χ1n) is 16.7. The predicted molar refractivity (Wildman–Crippen MR) is 186 cm³/mol. The zero-order valence-electron chi connectivity index (χ0n) is 28.7. The van der Waals surface area contributed by atoms with Gasteiger partial charge >= 0.3 is 11.5 Å². The molecule has 1 aliphatic heterocycles. The number of rotatable bonds is 12. The van der Waals surface area contributed by atoms with Gasteiger partial charge in [-0.25, -0.2) is 13.9 Å². The van der Waals surface area contributed by atoms with Gasteiger partial charge in [0.1, 0.15) is 18.5 Å². The highest BCUT2D eigenvalue weighted by Crippen LogP contribution is 2.48. The molecule has 51 heavy (non-hydrogen) atoms. The number of amides is 2. The van der Waals surface area contributed by atoms with Gasteiger partial charge in [-0.05, 0) is 87.1 Å². The van der Waals surface area contributed by atoms with E-state index in [0.29, 0.717) is 36.9 Å². The van der Waals surface area contributed by atoms with Gasteiger partial charge in [-0.15, -0.1) is 0 Å². The normalized spacial score (nSPS) is 16.4. The largest absolute Gasteiger partial charge is 0.460 e. The number of benzene rings is 3. The number of H-pyrrole nitrogens is 1. The Morgan fingerprint density at radius 2 is 1.75 bits per heavy atom. The fourth-order valence-electron chi connectivity index (χ4n) is 6.73. The molecule has 1 aliphatic rings. The van der Waals surface area contributed by atoms with Crippen molar-refractivity contribution in [1.29, 1.82) is 0 Å². The molecule has 0 spiro atoms. The molecule has 1 fully saturated rings. The van der Waals surface area contributed by atoms with Crippen LogP contribution in [0.1, 0.15) is 79.7 Å². The van der Waals surface area contributed by atoms with Crippen LogP contribution in [-0.4, -0.2) is 45.0 Å². The van der Waals surface area contributed by atoms with Gasteiger partial charge in [0.15, 0.2) is 17.3 Å². The Labute approximate surface area is 299 Å². The van der Waals surface area contributed by atoms with E-state index in [2.05, 4.69) is 15.5 Å². The van der Waals surface area contributed by atoms with E-state index in [1.165, 1.54) is 37.3 Å². The summed E-state index contributed by atoms with van der Waals surface area (Å²) < 4.78 is 41.0. The molecule has 10 nitrogen and oxygen atoms in total. The highest BCUT2D eigenvalue weighted by molar-refractivity contribution is 6.30. The SMILES string of the molecule is CCC(CC)(C(=O)OCc1ccccc1)[C@H]1CC[C@@H](c2cc(F)cc(Cl)c2)N1C(=O)[C@@H](C)NC(=O)c1ccc(Oc2cc(C)n[nH]c2=O)c(F)c1. The Hall–Kier alpha value is -5.10. The molecule has 1 aromatic heterocycles. The number of carbonyl (C=O) groups excluding carboxylic acids is 3. The summed E-state index contributed by atoms with van der Waals surface area (Å²) in [6.07, 6.45) is 1.50.